The topological polar surface area (TPSA) is 17.1 Å². The van der Waals surface area contributed by atoms with Crippen LogP contribution in [-0.4, -0.2) is 29.5 Å². The van der Waals surface area contributed by atoms with Gasteiger partial charge in [0, 0.05) is 6.42 Å². The summed E-state index contributed by atoms with van der Waals surface area (Å²) in [6.45, 7) is 9.47. The van der Waals surface area contributed by atoms with Gasteiger partial charge < -0.3 is 0 Å². The molecule has 0 aromatic heterocycles. The normalized spacial score (nSPS) is 37.4. The predicted molar refractivity (Wildman–Crippen MR) is 49.6 cm³/mol. The van der Waals surface area contributed by atoms with Crippen LogP contribution < -0.4 is 0 Å². The molecule has 2 atom stereocenters. The van der Waals surface area contributed by atoms with Gasteiger partial charge in [0.1, 0.15) is 0 Å². The van der Waals surface area contributed by atoms with Crippen LogP contribution in [-0.2, 0) is 4.79 Å². The molecule has 2 nitrogen and oxygen atoms in total. The summed E-state index contributed by atoms with van der Waals surface area (Å²) in [5.74, 6) is 0.664. The van der Waals surface area contributed by atoms with Crippen molar-refractivity contribution in [1.29, 1.82) is 0 Å². The first kappa shape index (κ1) is 9.72. The molecule has 2 unspecified atom stereocenters. The number of hydrogen-bond donors (Lipinski definition) is 0. The summed E-state index contributed by atoms with van der Waals surface area (Å²) >= 11 is 0. The van der Waals surface area contributed by atoms with Crippen molar-refractivity contribution in [2.45, 2.75) is 39.7 Å². The van der Waals surface area contributed by atoms with Crippen molar-refractivity contribution in [1.82, 2.24) is 0 Å². The second-order valence-corrected chi connectivity index (χ2v) is 5.11. The van der Waals surface area contributed by atoms with Crippen LogP contribution in [0.5, 0.6) is 0 Å². The van der Waals surface area contributed by atoms with Crippen LogP contribution in [0, 0.1) is 5.92 Å². The highest BCUT2D eigenvalue weighted by molar-refractivity contribution is 5.73. The highest BCUT2D eigenvalue weighted by Crippen LogP contribution is 2.32. The fourth-order valence-electron chi connectivity index (χ4n) is 1.84. The quantitative estimate of drug-likeness (QED) is 0.507. The van der Waals surface area contributed by atoms with Crippen LogP contribution in [0.1, 0.15) is 34.1 Å². The van der Waals surface area contributed by atoms with Gasteiger partial charge in [-0.25, -0.2) is 4.79 Å². The predicted octanol–water partition coefficient (Wildman–Crippen LogP) is 1.80. The van der Waals surface area contributed by atoms with Gasteiger partial charge >= 0.3 is 5.91 Å². The van der Waals surface area contributed by atoms with Crippen LogP contribution in [0.15, 0.2) is 0 Å². The Bertz CT molecular complexity index is 204. The van der Waals surface area contributed by atoms with Crippen LogP contribution in [0.4, 0.5) is 0 Å². The average molecular weight is 170 g/mol. The van der Waals surface area contributed by atoms with E-state index in [1.165, 1.54) is 0 Å². The highest BCUT2D eigenvalue weighted by Gasteiger charge is 2.49. The lowest BCUT2D eigenvalue weighted by molar-refractivity contribution is -0.874. The van der Waals surface area contributed by atoms with Crippen LogP contribution in [0.2, 0.25) is 0 Å². The zero-order valence-corrected chi connectivity index (χ0v) is 8.85. The molecule has 0 saturated carbocycles. The van der Waals surface area contributed by atoms with Crippen molar-refractivity contribution >= 4 is 5.91 Å². The third-order valence-corrected chi connectivity index (χ3v) is 3.40. The number of carbonyl (C=O) groups is 1. The Morgan fingerprint density at radius 3 is 2.08 bits per heavy atom. The molecule has 2 heteroatoms. The van der Waals surface area contributed by atoms with Gasteiger partial charge in [-0.3, -0.25) is 4.48 Å². The summed E-state index contributed by atoms with van der Waals surface area (Å²) in [6.07, 6.45) is 1.05. The van der Waals surface area contributed by atoms with Gasteiger partial charge in [-0.2, -0.15) is 0 Å². The highest BCUT2D eigenvalue weighted by atomic mass is 16.2. The van der Waals surface area contributed by atoms with E-state index in [9.17, 15) is 4.79 Å². The number of carbonyl (C=O) groups excluding carboxylic acids is 1. The summed E-state index contributed by atoms with van der Waals surface area (Å²) in [6, 6.07) is 0. The molecule has 1 saturated heterocycles. The fourth-order valence-corrected chi connectivity index (χ4v) is 1.84. The minimum atomic E-state index is 0.0574. The number of amides is 1. The van der Waals surface area contributed by atoms with E-state index >= 15 is 0 Å². The fraction of sp³-hybridized carbons (Fsp3) is 0.900. The third kappa shape index (κ3) is 1.18. The van der Waals surface area contributed by atoms with E-state index < -0.39 is 0 Å². The molecule has 1 rings (SSSR count). The van der Waals surface area contributed by atoms with E-state index in [1.807, 2.05) is 6.92 Å². The van der Waals surface area contributed by atoms with E-state index in [4.69, 9.17) is 0 Å². The Hall–Kier alpha value is -0.370. The summed E-state index contributed by atoms with van der Waals surface area (Å²) in [4.78, 5) is 11.8. The lowest BCUT2D eigenvalue weighted by Crippen LogP contribution is -2.58. The number of hydrogen-bond acceptors (Lipinski definition) is 1. The Labute approximate surface area is 75.1 Å². The smallest absolute Gasteiger partial charge is 0.259 e. The molecule has 0 aromatic rings. The molecule has 70 valence electrons. The van der Waals surface area contributed by atoms with Crippen molar-refractivity contribution in [3.63, 3.8) is 0 Å². The molecule has 0 N–H and O–H groups in total. The maximum absolute atomic E-state index is 11.8. The maximum Gasteiger partial charge on any atom is 0.316 e. The summed E-state index contributed by atoms with van der Waals surface area (Å²) in [5.41, 5.74) is 0.0574. The molecule has 1 heterocycles. The zero-order chi connectivity index (χ0) is 9.57. The van der Waals surface area contributed by atoms with E-state index in [-0.39, 0.29) is 11.5 Å². The summed E-state index contributed by atoms with van der Waals surface area (Å²) in [7, 11) is 2.06. The van der Waals surface area contributed by atoms with E-state index in [0.29, 0.717) is 10.4 Å². The molecule has 0 radical (unpaired) electrons. The molecule has 0 aromatic carbocycles. The van der Waals surface area contributed by atoms with Crippen molar-refractivity contribution < 1.29 is 9.28 Å². The molecular weight excluding hydrogens is 150 g/mol. The van der Waals surface area contributed by atoms with Gasteiger partial charge in [-0.15, -0.1) is 0 Å². The lowest BCUT2D eigenvalue weighted by atomic mass is 10.0. The molecule has 12 heavy (non-hydrogen) atoms. The third-order valence-electron chi connectivity index (χ3n) is 3.40. The SMILES string of the molecule is CC1CC[N+](C)(C(C)(C)C)C1=O. The van der Waals surface area contributed by atoms with Crippen LogP contribution in [0.3, 0.4) is 0 Å². The Balaban J connectivity index is 2.94. The van der Waals surface area contributed by atoms with Gasteiger partial charge in [0.05, 0.1) is 25.0 Å². The van der Waals surface area contributed by atoms with Crippen molar-refractivity contribution in [2.24, 2.45) is 5.92 Å². The second-order valence-electron chi connectivity index (χ2n) is 5.11. The Morgan fingerprint density at radius 1 is 1.42 bits per heavy atom. The zero-order valence-electron chi connectivity index (χ0n) is 8.85. The average Bonchev–Trinajstić information content (AvgIpc) is 2.16. The molecule has 1 amide bonds. The van der Waals surface area contributed by atoms with Crippen molar-refractivity contribution in [2.75, 3.05) is 13.6 Å². The molecule has 1 aliphatic rings. The first-order valence-electron chi connectivity index (χ1n) is 4.69. The second kappa shape index (κ2) is 2.56. The number of nitrogens with zero attached hydrogens (tertiary/aromatic N) is 1. The first-order valence-corrected chi connectivity index (χ1v) is 4.69. The van der Waals surface area contributed by atoms with E-state index in [2.05, 4.69) is 27.8 Å². The molecule has 0 aliphatic carbocycles. The number of likely N-dealkylation sites (tertiary alicyclic amines) is 1. The minimum absolute atomic E-state index is 0.0574. The van der Waals surface area contributed by atoms with Gasteiger partial charge in [0.25, 0.3) is 0 Å². The number of rotatable bonds is 0. The molecule has 1 fully saturated rings. The molecular formula is C10H20NO+. The number of quaternary nitrogens is 1. The Morgan fingerprint density at radius 2 is 1.92 bits per heavy atom. The van der Waals surface area contributed by atoms with Gasteiger partial charge in [-0.1, -0.05) is 0 Å². The van der Waals surface area contributed by atoms with Gasteiger partial charge in [-0.05, 0) is 27.7 Å². The summed E-state index contributed by atoms with van der Waals surface area (Å²) in [5, 5.41) is 0. The monoisotopic (exact) mass is 170 g/mol. The van der Waals surface area contributed by atoms with Crippen LogP contribution in [0.25, 0.3) is 0 Å². The van der Waals surface area contributed by atoms with E-state index in [1.54, 1.807) is 0 Å². The lowest BCUT2D eigenvalue weighted by Gasteiger charge is -2.39. The standard InChI is InChI=1S/C10H20NO/c1-8-6-7-11(5,9(8)12)10(2,3)4/h8H,6-7H2,1-5H3/q+1. The largest absolute Gasteiger partial charge is 0.316 e. The maximum atomic E-state index is 11.8. The van der Waals surface area contributed by atoms with Crippen LogP contribution >= 0.6 is 0 Å². The van der Waals surface area contributed by atoms with Crippen molar-refractivity contribution in [3.05, 3.63) is 0 Å². The van der Waals surface area contributed by atoms with Crippen molar-refractivity contribution in [3.8, 4) is 0 Å². The van der Waals surface area contributed by atoms with E-state index in [0.717, 1.165) is 13.0 Å². The molecule has 0 spiro atoms. The van der Waals surface area contributed by atoms with Gasteiger partial charge in [0.2, 0.25) is 0 Å². The first-order chi connectivity index (χ1) is 5.29. The molecule has 0 bridgehead atoms. The molecule has 1 aliphatic heterocycles. The minimum Gasteiger partial charge on any atom is -0.259 e. The van der Waals surface area contributed by atoms with Gasteiger partial charge in [0.15, 0.2) is 0 Å². The Kier molecular flexibility index (Phi) is 2.07. The summed E-state index contributed by atoms with van der Waals surface area (Å²) < 4.78 is 0.605.